The SMILES string of the molecule is Cc1ccc(CN(CC(=O)NCc2ccc(Cl)cc2)S(=O)(=O)c2ccc(Cl)cc2)cc1. The Morgan fingerprint density at radius 2 is 1.35 bits per heavy atom. The van der Waals surface area contributed by atoms with Crippen molar-refractivity contribution < 1.29 is 13.2 Å². The highest BCUT2D eigenvalue weighted by molar-refractivity contribution is 7.89. The second-order valence-electron chi connectivity index (χ2n) is 7.12. The average Bonchev–Trinajstić information content (AvgIpc) is 2.74. The van der Waals surface area contributed by atoms with Crippen molar-refractivity contribution in [3.8, 4) is 0 Å². The number of amides is 1. The van der Waals surface area contributed by atoms with Gasteiger partial charge in [0, 0.05) is 23.1 Å². The number of rotatable bonds is 8. The van der Waals surface area contributed by atoms with E-state index in [9.17, 15) is 13.2 Å². The monoisotopic (exact) mass is 476 g/mol. The molecule has 0 heterocycles. The van der Waals surface area contributed by atoms with E-state index >= 15 is 0 Å². The van der Waals surface area contributed by atoms with Crippen LogP contribution in [0.3, 0.4) is 0 Å². The first-order valence-electron chi connectivity index (χ1n) is 9.56. The molecule has 0 atom stereocenters. The fourth-order valence-electron chi connectivity index (χ4n) is 2.90. The van der Waals surface area contributed by atoms with E-state index in [4.69, 9.17) is 23.2 Å². The maximum Gasteiger partial charge on any atom is 0.243 e. The third-order valence-electron chi connectivity index (χ3n) is 4.65. The lowest BCUT2D eigenvalue weighted by Gasteiger charge is -2.22. The van der Waals surface area contributed by atoms with E-state index in [1.54, 1.807) is 24.3 Å². The number of sulfonamides is 1. The number of nitrogens with zero attached hydrogens (tertiary/aromatic N) is 1. The van der Waals surface area contributed by atoms with Gasteiger partial charge in [0.25, 0.3) is 0 Å². The molecular formula is C23H22Cl2N2O3S. The minimum absolute atomic E-state index is 0.0691. The Labute approximate surface area is 192 Å². The van der Waals surface area contributed by atoms with E-state index in [0.717, 1.165) is 21.0 Å². The van der Waals surface area contributed by atoms with Crippen LogP contribution in [0.15, 0.2) is 77.7 Å². The molecule has 5 nitrogen and oxygen atoms in total. The average molecular weight is 477 g/mol. The summed E-state index contributed by atoms with van der Waals surface area (Å²) in [5.74, 6) is -0.403. The number of aryl methyl sites for hydroxylation is 1. The maximum absolute atomic E-state index is 13.3. The van der Waals surface area contributed by atoms with Gasteiger partial charge in [-0.15, -0.1) is 0 Å². The summed E-state index contributed by atoms with van der Waals surface area (Å²) in [5, 5.41) is 3.81. The summed E-state index contributed by atoms with van der Waals surface area (Å²) in [6, 6.07) is 20.5. The minimum Gasteiger partial charge on any atom is -0.351 e. The van der Waals surface area contributed by atoms with Gasteiger partial charge in [0.2, 0.25) is 15.9 Å². The van der Waals surface area contributed by atoms with Crippen molar-refractivity contribution in [1.29, 1.82) is 0 Å². The molecule has 0 radical (unpaired) electrons. The fourth-order valence-corrected chi connectivity index (χ4v) is 4.53. The topological polar surface area (TPSA) is 66.5 Å². The molecule has 8 heteroatoms. The molecule has 0 aromatic heterocycles. The Morgan fingerprint density at radius 1 is 0.839 bits per heavy atom. The Hall–Kier alpha value is -2.38. The smallest absolute Gasteiger partial charge is 0.243 e. The zero-order chi connectivity index (χ0) is 22.4. The second kappa shape index (κ2) is 10.3. The van der Waals surface area contributed by atoms with Crippen molar-refractivity contribution in [3.63, 3.8) is 0 Å². The van der Waals surface area contributed by atoms with Crippen molar-refractivity contribution in [2.75, 3.05) is 6.54 Å². The van der Waals surface area contributed by atoms with Crippen LogP contribution in [-0.2, 0) is 27.9 Å². The van der Waals surface area contributed by atoms with Crippen LogP contribution in [0.4, 0.5) is 0 Å². The first-order chi connectivity index (χ1) is 14.7. The minimum atomic E-state index is -3.91. The molecule has 0 aliphatic heterocycles. The van der Waals surface area contributed by atoms with Crippen LogP contribution < -0.4 is 5.32 Å². The molecule has 0 saturated heterocycles. The van der Waals surface area contributed by atoms with E-state index in [0.29, 0.717) is 10.0 Å². The van der Waals surface area contributed by atoms with Crippen LogP contribution in [0.2, 0.25) is 10.0 Å². The van der Waals surface area contributed by atoms with Crippen LogP contribution in [0, 0.1) is 6.92 Å². The van der Waals surface area contributed by atoms with E-state index < -0.39 is 15.9 Å². The molecule has 162 valence electrons. The largest absolute Gasteiger partial charge is 0.351 e. The normalized spacial score (nSPS) is 11.5. The van der Waals surface area contributed by atoms with Gasteiger partial charge in [0.15, 0.2) is 0 Å². The van der Waals surface area contributed by atoms with Gasteiger partial charge in [0.05, 0.1) is 11.4 Å². The number of hydrogen-bond acceptors (Lipinski definition) is 3. The molecule has 0 saturated carbocycles. The number of carbonyl (C=O) groups is 1. The molecule has 0 fully saturated rings. The third-order valence-corrected chi connectivity index (χ3v) is 6.96. The summed E-state index contributed by atoms with van der Waals surface area (Å²) in [4.78, 5) is 12.7. The summed E-state index contributed by atoms with van der Waals surface area (Å²) >= 11 is 11.8. The standard InChI is InChI=1S/C23H22Cl2N2O3S/c1-17-2-4-19(5-3-17)15-27(31(29,30)22-12-10-21(25)11-13-22)16-23(28)26-14-18-6-8-20(24)9-7-18/h2-13H,14-16H2,1H3,(H,26,28). The highest BCUT2D eigenvalue weighted by Crippen LogP contribution is 2.21. The number of hydrogen-bond donors (Lipinski definition) is 1. The van der Waals surface area contributed by atoms with Crippen LogP contribution in [0.25, 0.3) is 0 Å². The van der Waals surface area contributed by atoms with Gasteiger partial charge in [-0.1, -0.05) is 65.2 Å². The van der Waals surface area contributed by atoms with Crippen LogP contribution in [-0.4, -0.2) is 25.2 Å². The van der Waals surface area contributed by atoms with E-state index in [1.165, 1.54) is 24.3 Å². The number of carbonyl (C=O) groups excluding carboxylic acids is 1. The lowest BCUT2D eigenvalue weighted by atomic mass is 10.1. The van der Waals surface area contributed by atoms with Gasteiger partial charge < -0.3 is 5.32 Å². The molecule has 3 rings (SSSR count). The van der Waals surface area contributed by atoms with Crippen molar-refractivity contribution >= 4 is 39.1 Å². The summed E-state index contributed by atoms with van der Waals surface area (Å²) in [6.07, 6.45) is 0. The summed E-state index contributed by atoms with van der Waals surface area (Å²) in [5.41, 5.74) is 2.72. The first kappa shape index (κ1) is 23.3. The predicted octanol–water partition coefficient (Wildman–Crippen LogP) is 4.81. The van der Waals surface area contributed by atoms with Gasteiger partial charge in [-0.2, -0.15) is 4.31 Å². The lowest BCUT2D eigenvalue weighted by Crippen LogP contribution is -2.40. The molecule has 0 bridgehead atoms. The molecular weight excluding hydrogens is 455 g/mol. The molecule has 0 unspecified atom stereocenters. The Morgan fingerprint density at radius 3 is 1.94 bits per heavy atom. The van der Waals surface area contributed by atoms with Gasteiger partial charge in [0.1, 0.15) is 0 Å². The number of nitrogens with one attached hydrogen (secondary N) is 1. The molecule has 3 aromatic rings. The quantitative estimate of drug-likeness (QED) is 0.507. The van der Waals surface area contributed by atoms with E-state index in [2.05, 4.69) is 5.32 Å². The Bertz CT molecular complexity index is 1130. The first-order valence-corrected chi connectivity index (χ1v) is 11.8. The van der Waals surface area contributed by atoms with Crippen molar-refractivity contribution in [2.24, 2.45) is 0 Å². The van der Waals surface area contributed by atoms with Gasteiger partial charge in [-0.25, -0.2) is 8.42 Å². The Balaban J connectivity index is 1.79. The van der Waals surface area contributed by atoms with Gasteiger partial charge >= 0.3 is 0 Å². The van der Waals surface area contributed by atoms with Crippen molar-refractivity contribution in [2.45, 2.75) is 24.9 Å². The molecule has 3 aromatic carbocycles. The molecule has 0 aliphatic rings. The summed E-state index contributed by atoms with van der Waals surface area (Å²) in [6.45, 7) is 1.98. The third kappa shape index (κ3) is 6.55. The molecule has 0 aliphatic carbocycles. The van der Waals surface area contributed by atoms with E-state index in [1.807, 2.05) is 31.2 Å². The molecule has 31 heavy (non-hydrogen) atoms. The van der Waals surface area contributed by atoms with Crippen LogP contribution in [0.1, 0.15) is 16.7 Å². The zero-order valence-corrected chi connectivity index (χ0v) is 19.2. The maximum atomic E-state index is 13.3. The van der Waals surface area contributed by atoms with Crippen molar-refractivity contribution in [3.05, 3.63) is 99.5 Å². The van der Waals surface area contributed by atoms with Gasteiger partial charge in [-0.3, -0.25) is 4.79 Å². The second-order valence-corrected chi connectivity index (χ2v) is 9.93. The zero-order valence-electron chi connectivity index (χ0n) is 16.9. The Kier molecular flexibility index (Phi) is 7.73. The summed E-state index contributed by atoms with van der Waals surface area (Å²) in [7, 11) is -3.91. The van der Waals surface area contributed by atoms with Crippen LogP contribution >= 0.6 is 23.2 Å². The fraction of sp³-hybridized carbons (Fsp3) is 0.174. The molecule has 1 amide bonds. The van der Waals surface area contributed by atoms with E-state index in [-0.39, 0.29) is 24.5 Å². The number of halogens is 2. The molecule has 1 N–H and O–H groups in total. The van der Waals surface area contributed by atoms with Gasteiger partial charge in [-0.05, 0) is 54.4 Å². The van der Waals surface area contributed by atoms with Crippen molar-refractivity contribution in [1.82, 2.24) is 9.62 Å². The summed E-state index contributed by atoms with van der Waals surface area (Å²) < 4.78 is 27.7. The highest BCUT2D eigenvalue weighted by atomic mass is 35.5. The number of benzene rings is 3. The lowest BCUT2D eigenvalue weighted by molar-refractivity contribution is -0.121. The van der Waals surface area contributed by atoms with Crippen LogP contribution in [0.5, 0.6) is 0 Å². The highest BCUT2D eigenvalue weighted by Gasteiger charge is 2.27. The molecule has 0 spiro atoms. The predicted molar refractivity (Wildman–Crippen MR) is 124 cm³/mol.